The standard InChI is InChI=1S/C13H17BrFNO/c1-9-4-5-11(8-12(9)15)13(17)16(3)7-6-10(2)14/h4-5,8,10H,6-7H2,1-3H3. The molecule has 0 aromatic heterocycles. The van der Waals surface area contributed by atoms with E-state index < -0.39 is 0 Å². The molecule has 0 radical (unpaired) electrons. The first-order valence-corrected chi connectivity index (χ1v) is 6.49. The predicted molar refractivity (Wildman–Crippen MR) is 71.1 cm³/mol. The fourth-order valence-electron chi connectivity index (χ4n) is 1.42. The number of nitrogens with zero attached hydrogens (tertiary/aromatic N) is 1. The molecule has 17 heavy (non-hydrogen) atoms. The largest absolute Gasteiger partial charge is 0.342 e. The molecule has 1 aromatic carbocycles. The topological polar surface area (TPSA) is 20.3 Å². The molecule has 0 aliphatic rings. The minimum Gasteiger partial charge on any atom is -0.342 e. The highest BCUT2D eigenvalue weighted by molar-refractivity contribution is 9.09. The Labute approximate surface area is 110 Å². The van der Waals surface area contributed by atoms with E-state index in [1.807, 2.05) is 6.92 Å². The van der Waals surface area contributed by atoms with Gasteiger partial charge in [-0.1, -0.05) is 28.9 Å². The third kappa shape index (κ3) is 4.11. The molecular formula is C13H17BrFNO. The molecule has 1 amide bonds. The highest BCUT2D eigenvalue weighted by Gasteiger charge is 2.13. The second-order valence-corrected chi connectivity index (χ2v) is 5.82. The van der Waals surface area contributed by atoms with Gasteiger partial charge in [0.05, 0.1) is 0 Å². The van der Waals surface area contributed by atoms with Crippen LogP contribution in [0.1, 0.15) is 29.3 Å². The van der Waals surface area contributed by atoms with E-state index in [1.54, 1.807) is 31.0 Å². The molecule has 0 N–H and O–H groups in total. The van der Waals surface area contributed by atoms with Crippen molar-refractivity contribution < 1.29 is 9.18 Å². The number of hydrogen-bond acceptors (Lipinski definition) is 1. The highest BCUT2D eigenvalue weighted by Crippen LogP contribution is 2.12. The van der Waals surface area contributed by atoms with E-state index in [9.17, 15) is 9.18 Å². The molecule has 0 fully saturated rings. The van der Waals surface area contributed by atoms with Crippen LogP contribution in [0.25, 0.3) is 0 Å². The van der Waals surface area contributed by atoms with Gasteiger partial charge in [0.25, 0.3) is 5.91 Å². The van der Waals surface area contributed by atoms with Crippen molar-refractivity contribution >= 4 is 21.8 Å². The Balaban J connectivity index is 2.71. The summed E-state index contributed by atoms with van der Waals surface area (Å²) in [6, 6.07) is 4.59. The second kappa shape index (κ2) is 6.15. The molecule has 1 rings (SSSR count). The lowest BCUT2D eigenvalue weighted by molar-refractivity contribution is 0.0793. The predicted octanol–water partition coefficient (Wildman–Crippen LogP) is 3.38. The molecule has 0 heterocycles. The van der Waals surface area contributed by atoms with Gasteiger partial charge in [-0.15, -0.1) is 0 Å². The molecule has 0 saturated carbocycles. The van der Waals surface area contributed by atoms with Crippen LogP contribution in [-0.2, 0) is 0 Å². The molecule has 0 bridgehead atoms. The third-order valence-corrected chi connectivity index (χ3v) is 3.09. The first-order valence-electron chi connectivity index (χ1n) is 5.57. The van der Waals surface area contributed by atoms with Crippen molar-refractivity contribution in [3.8, 4) is 0 Å². The van der Waals surface area contributed by atoms with Gasteiger partial charge >= 0.3 is 0 Å². The fourth-order valence-corrected chi connectivity index (χ4v) is 1.62. The summed E-state index contributed by atoms with van der Waals surface area (Å²) in [5, 5.41) is 0. The average Bonchev–Trinajstić information content (AvgIpc) is 2.28. The van der Waals surface area contributed by atoms with Gasteiger partial charge in [0, 0.05) is 24.0 Å². The first kappa shape index (κ1) is 14.2. The number of halogens is 2. The summed E-state index contributed by atoms with van der Waals surface area (Å²) in [5.41, 5.74) is 0.955. The van der Waals surface area contributed by atoms with Crippen molar-refractivity contribution in [3.63, 3.8) is 0 Å². The maximum absolute atomic E-state index is 13.3. The van der Waals surface area contributed by atoms with Gasteiger partial charge in [0.2, 0.25) is 0 Å². The number of hydrogen-bond donors (Lipinski definition) is 0. The number of carbonyl (C=O) groups excluding carboxylic acids is 1. The van der Waals surface area contributed by atoms with Gasteiger partial charge in [0.15, 0.2) is 0 Å². The van der Waals surface area contributed by atoms with Crippen LogP contribution in [-0.4, -0.2) is 29.2 Å². The maximum Gasteiger partial charge on any atom is 0.253 e. The molecular weight excluding hydrogens is 285 g/mol. The van der Waals surface area contributed by atoms with Gasteiger partial charge in [0.1, 0.15) is 5.82 Å². The zero-order valence-electron chi connectivity index (χ0n) is 10.3. The van der Waals surface area contributed by atoms with Crippen LogP contribution in [0, 0.1) is 12.7 Å². The van der Waals surface area contributed by atoms with Crippen LogP contribution in [0.3, 0.4) is 0 Å². The number of rotatable bonds is 4. The number of aryl methyl sites for hydroxylation is 1. The minimum absolute atomic E-state index is 0.142. The Morgan fingerprint density at radius 2 is 2.18 bits per heavy atom. The van der Waals surface area contributed by atoms with Crippen LogP contribution in [0.5, 0.6) is 0 Å². The van der Waals surface area contributed by atoms with Crippen molar-refractivity contribution in [1.29, 1.82) is 0 Å². The van der Waals surface area contributed by atoms with Crippen molar-refractivity contribution in [1.82, 2.24) is 4.90 Å². The van der Waals surface area contributed by atoms with E-state index in [2.05, 4.69) is 15.9 Å². The number of benzene rings is 1. The molecule has 0 saturated heterocycles. The highest BCUT2D eigenvalue weighted by atomic mass is 79.9. The SMILES string of the molecule is Cc1ccc(C(=O)N(C)CCC(C)Br)cc1F. The molecule has 0 spiro atoms. The molecule has 4 heteroatoms. The summed E-state index contributed by atoms with van der Waals surface area (Å²) in [6.07, 6.45) is 0.872. The van der Waals surface area contributed by atoms with Crippen LogP contribution < -0.4 is 0 Å². The smallest absolute Gasteiger partial charge is 0.253 e. The van der Waals surface area contributed by atoms with Gasteiger partial charge < -0.3 is 4.90 Å². The van der Waals surface area contributed by atoms with Crippen molar-refractivity contribution in [2.24, 2.45) is 0 Å². The van der Waals surface area contributed by atoms with E-state index in [-0.39, 0.29) is 11.7 Å². The van der Waals surface area contributed by atoms with E-state index in [4.69, 9.17) is 0 Å². The fraction of sp³-hybridized carbons (Fsp3) is 0.462. The second-order valence-electron chi connectivity index (χ2n) is 4.26. The van der Waals surface area contributed by atoms with Crippen LogP contribution in [0.4, 0.5) is 4.39 Å². The first-order chi connectivity index (χ1) is 7.91. The summed E-state index contributed by atoms with van der Waals surface area (Å²) in [7, 11) is 1.73. The Morgan fingerprint density at radius 3 is 2.71 bits per heavy atom. The van der Waals surface area contributed by atoms with E-state index in [0.29, 0.717) is 22.5 Å². The number of alkyl halides is 1. The van der Waals surface area contributed by atoms with Gasteiger partial charge in [-0.25, -0.2) is 4.39 Å². The summed E-state index contributed by atoms with van der Waals surface area (Å²) >= 11 is 3.43. The van der Waals surface area contributed by atoms with Crippen molar-refractivity contribution in [3.05, 3.63) is 35.1 Å². The quantitative estimate of drug-likeness (QED) is 0.781. The van der Waals surface area contributed by atoms with Crippen molar-refractivity contribution in [2.75, 3.05) is 13.6 Å². The average molecular weight is 302 g/mol. The monoisotopic (exact) mass is 301 g/mol. The normalized spacial score (nSPS) is 12.3. The van der Waals surface area contributed by atoms with Crippen molar-refractivity contribution in [2.45, 2.75) is 25.1 Å². The van der Waals surface area contributed by atoms with E-state index in [1.165, 1.54) is 6.07 Å². The molecule has 2 nitrogen and oxygen atoms in total. The van der Waals surface area contributed by atoms with Gasteiger partial charge in [-0.05, 0) is 31.0 Å². The molecule has 1 atom stereocenters. The molecule has 0 aliphatic heterocycles. The summed E-state index contributed by atoms with van der Waals surface area (Å²) in [6.45, 7) is 4.37. The Kier molecular flexibility index (Phi) is 5.12. The van der Waals surface area contributed by atoms with Gasteiger partial charge in [-0.2, -0.15) is 0 Å². The Morgan fingerprint density at radius 1 is 1.53 bits per heavy atom. The van der Waals surface area contributed by atoms with Crippen LogP contribution >= 0.6 is 15.9 Å². The molecule has 1 aromatic rings. The van der Waals surface area contributed by atoms with Crippen LogP contribution in [0.15, 0.2) is 18.2 Å². The Bertz CT molecular complexity index is 406. The minimum atomic E-state index is -0.335. The summed E-state index contributed by atoms with van der Waals surface area (Å²) in [4.78, 5) is 13.9. The molecule has 94 valence electrons. The zero-order valence-corrected chi connectivity index (χ0v) is 11.9. The number of amides is 1. The summed E-state index contributed by atoms with van der Waals surface area (Å²) in [5.74, 6) is -0.477. The lowest BCUT2D eigenvalue weighted by Crippen LogP contribution is -2.28. The van der Waals surface area contributed by atoms with Crippen LogP contribution in [0.2, 0.25) is 0 Å². The third-order valence-electron chi connectivity index (χ3n) is 2.63. The molecule has 1 unspecified atom stereocenters. The molecule has 0 aliphatic carbocycles. The lowest BCUT2D eigenvalue weighted by Gasteiger charge is -2.18. The number of carbonyl (C=O) groups is 1. The van der Waals surface area contributed by atoms with E-state index >= 15 is 0 Å². The summed E-state index contributed by atoms with van der Waals surface area (Å²) < 4.78 is 13.3. The van der Waals surface area contributed by atoms with E-state index in [0.717, 1.165) is 6.42 Å². The van der Waals surface area contributed by atoms with Gasteiger partial charge in [-0.3, -0.25) is 4.79 Å². The lowest BCUT2D eigenvalue weighted by atomic mass is 10.1. The maximum atomic E-state index is 13.3. The Hall–Kier alpha value is -0.900. The zero-order chi connectivity index (χ0) is 13.0.